The fourth-order valence-electron chi connectivity index (χ4n) is 2.36. The lowest BCUT2D eigenvalue weighted by Gasteiger charge is -2.27. The highest BCUT2D eigenvalue weighted by molar-refractivity contribution is 5.69. The maximum absolute atomic E-state index is 4.37. The SMILES string of the molecule is Cc1ccc2c(c1C(C)(C)C)CNC=N2. The molecule has 15 heavy (non-hydrogen) atoms. The van der Waals surface area contributed by atoms with Crippen molar-refractivity contribution in [1.29, 1.82) is 0 Å². The van der Waals surface area contributed by atoms with E-state index in [9.17, 15) is 0 Å². The molecule has 0 unspecified atom stereocenters. The first-order chi connectivity index (χ1) is 7.00. The van der Waals surface area contributed by atoms with Crippen molar-refractivity contribution in [2.75, 3.05) is 0 Å². The Morgan fingerprint density at radius 1 is 1.27 bits per heavy atom. The lowest BCUT2D eigenvalue weighted by atomic mass is 9.80. The molecule has 2 rings (SSSR count). The molecule has 0 aliphatic carbocycles. The molecule has 0 radical (unpaired) electrons. The normalized spacial score (nSPS) is 14.7. The van der Waals surface area contributed by atoms with E-state index in [0.29, 0.717) is 0 Å². The highest BCUT2D eigenvalue weighted by Crippen LogP contribution is 2.35. The second-order valence-electron chi connectivity index (χ2n) is 5.14. The summed E-state index contributed by atoms with van der Waals surface area (Å²) in [6, 6.07) is 4.28. The molecule has 1 N–H and O–H groups in total. The molecule has 2 heteroatoms. The molecule has 1 aromatic carbocycles. The number of rotatable bonds is 0. The van der Waals surface area contributed by atoms with Crippen LogP contribution < -0.4 is 5.32 Å². The maximum atomic E-state index is 4.37. The van der Waals surface area contributed by atoms with Gasteiger partial charge in [0.25, 0.3) is 0 Å². The number of benzene rings is 1. The molecular weight excluding hydrogens is 184 g/mol. The summed E-state index contributed by atoms with van der Waals surface area (Å²) in [5.74, 6) is 0. The van der Waals surface area contributed by atoms with Crippen molar-refractivity contribution >= 4 is 12.0 Å². The molecule has 0 amide bonds. The first-order valence-corrected chi connectivity index (χ1v) is 5.39. The maximum Gasteiger partial charge on any atom is 0.0889 e. The zero-order valence-corrected chi connectivity index (χ0v) is 9.89. The summed E-state index contributed by atoms with van der Waals surface area (Å²) in [6.07, 6.45) is 1.78. The Hall–Kier alpha value is -1.31. The van der Waals surface area contributed by atoms with E-state index >= 15 is 0 Å². The van der Waals surface area contributed by atoms with Crippen molar-refractivity contribution in [2.45, 2.75) is 39.7 Å². The average Bonchev–Trinajstić information content (AvgIpc) is 2.15. The third-order valence-corrected chi connectivity index (χ3v) is 2.82. The highest BCUT2D eigenvalue weighted by Gasteiger charge is 2.22. The second kappa shape index (κ2) is 3.37. The van der Waals surface area contributed by atoms with Gasteiger partial charge >= 0.3 is 0 Å². The van der Waals surface area contributed by atoms with Gasteiger partial charge in [0.1, 0.15) is 0 Å². The Bertz CT molecular complexity index is 411. The van der Waals surface area contributed by atoms with Crippen molar-refractivity contribution in [3.05, 3.63) is 28.8 Å². The number of fused-ring (bicyclic) bond motifs is 1. The van der Waals surface area contributed by atoms with Crippen LogP contribution in [0.2, 0.25) is 0 Å². The molecule has 0 aromatic heterocycles. The Kier molecular flexibility index (Phi) is 2.29. The Labute approximate surface area is 91.4 Å². The van der Waals surface area contributed by atoms with Gasteiger partial charge in [0.05, 0.1) is 12.0 Å². The Morgan fingerprint density at radius 2 is 2.00 bits per heavy atom. The Balaban J connectivity index is 2.67. The van der Waals surface area contributed by atoms with Gasteiger partial charge in [0, 0.05) is 12.1 Å². The lowest BCUT2D eigenvalue weighted by Crippen LogP contribution is -2.22. The van der Waals surface area contributed by atoms with Gasteiger partial charge in [-0.1, -0.05) is 26.8 Å². The van der Waals surface area contributed by atoms with Crippen LogP contribution in [0.15, 0.2) is 17.1 Å². The molecule has 80 valence electrons. The van der Waals surface area contributed by atoms with E-state index in [4.69, 9.17) is 0 Å². The molecule has 1 heterocycles. The minimum Gasteiger partial charge on any atom is -0.372 e. The first-order valence-electron chi connectivity index (χ1n) is 5.39. The molecule has 1 aliphatic heterocycles. The van der Waals surface area contributed by atoms with E-state index in [2.05, 4.69) is 50.1 Å². The zero-order valence-electron chi connectivity index (χ0n) is 9.89. The van der Waals surface area contributed by atoms with Crippen molar-refractivity contribution in [2.24, 2.45) is 4.99 Å². The smallest absolute Gasteiger partial charge is 0.0889 e. The van der Waals surface area contributed by atoms with Crippen molar-refractivity contribution in [3.8, 4) is 0 Å². The van der Waals surface area contributed by atoms with E-state index in [0.717, 1.165) is 12.2 Å². The molecule has 0 bridgehead atoms. The summed E-state index contributed by atoms with van der Waals surface area (Å²) < 4.78 is 0. The number of hydrogen-bond acceptors (Lipinski definition) is 2. The van der Waals surface area contributed by atoms with Crippen LogP contribution in [-0.2, 0) is 12.0 Å². The number of nitrogens with one attached hydrogen (secondary N) is 1. The molecule has 0 saturated carbocycles. The van der Waals surface area contributed by atoms with Crippen molar-refractivity contribution in [3.63, 3.8) is 0 Å². The quantitative estimate of drug-likeness (QED) is 0.687. The summed E-state index contributed by atoms with van der Waals surface area (Å²) in [5, 5.41) is 3.19. The van der Waals surface area contributed by atoms with Gasteiger partial charge in [-0.2, -0.15) is 0 Å². The molecule has 0 atom stereocenters. The molecule has 0 saturated heterocycles. The highest BCUT2D eigenvalue weighted by atomic mass is 15.0. The van der Waals surface area contributed by atoms with Crippen LogP contribution in [0.5, 0.6) is 0 Å². The van der Waals surface area contributed by atoms with Crippen LogP contribution in [0.4, 0.5) is 5.69 Å². The van der Waals surface area contributed by atoms with Crippen LogP contribution in [0.1, 0.15) is 37.5 Å². The van der Waals surface area contributed by atoms with Crippen molar-refractivity contribution in [1.82, 2.24) is 5.32 Å². The molecule has 0 spiro atoms. The molecular formula is C13H18N2. The zero-order chi connectivity index (χ0) is 11.1. The summed E-state index contributed by atoms with van der Waals surface area (Å²) in [4.78, 5) is 4.37. The number of aliphatic imine (C=N–C) groups is 1. The molecule has 2 nitrogen and oxygen atoms in total. The summed E-state index contributed by atoms with van der Waals surface area (Å²) >= 11 is 0. The van der Waals surface area contributed by atoms with Gasteiger partial charge in [-0.3, -0.25) is 0 Å². The minimum absolute atomic E-state index is 0.184. The van der Waals surface area contributed by atoms with Gasteiger partial charge < -0.3 is 5.32 Å². The fourth-order valence-corrected chi connectivity index (χ4v) is 2.36. The van der Waals surface area contributed by atoms with E-state index < -0.39 is 0 Å². The standard InChI is InChI=1S/C13H18N2/c1-9-5-6-11-10(7-14-8-15-11)12(9)13(2,3)4/h5-6,8H,7H2,1-4H3,(H,14,15). The summed E-state index contributed by atoms with van der Waals surface area (Å²) in [7, 11) is 0. The molecule has 1 aliphatic rings. The van der Waals surface area contributed by atoms with Gasteiger partial charge in [0.15, 0.2) is 0 Å². The second-order valence-corrected chi connectivity index (χ2v) is 5.14. The van der Waals surface area contributed by atoms with Gasteiger partial charge in [-0.15, -0.1) is 0 Å². The van der Waals surface area contributed by atoms with E-state index in [-0.39, 0.29) is 5.41 Å². The topological polar surface area (TPSA) is 24.4 Å². The molecule has 1 aromatic rings. The van der Waals surface area contributed by atoms with Crippen molar-refractivity contribution < 1.29 is 0 Å². The first kappa shape index (κ1) is 10.2. The number of aryl methyl sites for hydroxylation is 1. The van der Waals surface area contributed by atoms with E-state index in [1.54, 1.807) is 6.34 Å². The van der Waals surface area contributed by atoms with Gasteiger partial charge in [0.2, 0.25) is 0 Å². The predicted octanol–water partition coefficient (Wildman–Crippen LogP) is 3.06. The Morgan fingerprint density at radius 3 is 2.67 bits per heavy atom. The van der Waals surface area contributed by atoms with Crippen LogP contribution in [-0.4, -0.2) is 6.34 Å². The largest absolute Gasteiger partial charge is 0.372 e. The number of hydrogen-bond donors (Lipinski definition) is 1. The minimum atomic E-state index is 0.184. The van der Waals surface area contributed by atoms with Crippen LogP contribution >= 0.6 is 0 Å². The average molecular weight is 202 g/mol. The predicted molar refractivity (Wildman–Crippen MR) is 64.9 cm³/mol. The third kappa shape index (κ3) is 1.76. The van der Waals surface area contributed by atoms with E-state index in [1.165, 1.54) is 16.7 Å². The fraction of sp³-hybridized carbons (Fsp3) is 0.462. The van der Waals surface area contributed by atoms with Crippen LogP contribution in [0.25, 0.3) is 0 Å². The third-order valence-electron chi connectivity index (χ3n) is 2.82. The number of nitrogens with zero attached hydrogens (tertiary/aromatic N) is 1. The monoisotopic (exact) mass is 202 g/mol. The molecule has 0 fully saturated rings. The lowest BCUT2D eigenvalue weighted by molar-refractivity contribution is 0.576. The van der Waals surface area contributed by atoms with E-state index in [1.807, 2.05) is 0 Å². The van der Waals surface area contributed by atoms with Crippen LogP contribution in [0, 0.1) is 6.92 Å². The summed E-state index contributed by atoms with van der Waals surface area (Å²) in [5.41, 5.74) is 5.45. The summed E-state index contributed by atoms with van der Waals surface area (Å²) in [6.45, 7) is 9.85. The van der Waals surface area contributed by atoms with Crippen LogP contribution in [0.3, 0.4) is 0 Å². The van der Waals surface area contributed by atoms with Gasteiger partial charge in [-0.25, -0.2) is 4.99 Å². The van der Waals surface area contributed by atoms with Gasteiger partial charge in [-0.05, 0) is 29.5 Å².